The molecule has 114 valence electrons. The summed E-state index contributed by atoms with van der Waals surface area (Å²) in [4.78, 5) is -1.19. The summed E-state index contributed by atoms with van der Waals surface area (Å²) in [5.41, 5.74) is -4.23. The van der Waals surface area contributed by atoms with Gasteiger partial charge >= 0.3 is 12.4 Å². The van der Waals surface area contributed by atoms with Gasteiger partial charge in [0.25, 0.3) is 9.05 Å². The predicted molar refractivity (Wildman–Crippen MR) is 56.0 cm³/mol. The van der Waals surface area contributed by atoms with E-state index in [4.69, 9.17) is 10.7 Å². The van der Waals surface area contributed by atoms with Crippen molar-refractivity contribution < 1.29 is 39.5 Å². The maximum Gasteiger partial charge on any atom is 0.417 e. The van der Waals surface area contributed by atoms with Gasteiger partial charge in [-0.05, 0) is 12.1 Å². The van der Waals surface area contributed by atoms with Crippen LogP contribution in [0.1, 0.15) is 11.1 Å². The second-order valence-electron chi connectivity index (χ2n) is 3.48. The molecule has 0 saturated heterocycles. The summed E-state index contributed by atoms with van der Waals surface area (Å²) < 4.78 is 102. The highest BCUT2D eigenvalue weighted by Crippen LogP contribution is 2.44. The summed E-state index contributed by atoms with van der Waals surface area (Å²) in [5, 5.41) is 0. The van der Waals surface area contributed by atoms with Gasteiger partial charge in [-0.25, -0.2) is 8.42 Å². The molecule has 20 heavy (non-hydrogen) atoms. The van der Waals surface area contributed by atoms with Crippen LogP contribution >= 0.6 is 10.7 Å². The van der Waals surface area contributed by atoms with E-state index in [9.17, 15) is 34.8 Å². The van der Waals surface area contributed by atoms with Crippen LogP contribution in [0.5, 0.6) is 5.75 Å². The highest BCUT2D eigenvalue weighted by Gasteiger charge is 2.44. The summed E-state index contributed by atoms with van der Waals surface area (Å²) in [6.45, 7) is 0. The highest BCUT2D eigenvalue weighted by atomic mass is 35.7. The van der Waals surface area contributed by atoms with Crippen molar-refractivity contribution in [3.05, 3.63) is 23.3 Å². The lowest BCUT2D eigenvalue weighted by molar-refractivity contribution is -0.162. The van der Waals surface area contributed by atoms with Crippen LogP contribution in [0.3, 0.4) is 0 Å². The van der Waals surface area contributed by atoms with Crippen LogP contribution in [0.25, 0.3) is 0 Å². The number of hydrogen-bond donors (Lipinski definition) is 0. The largest absolute Gasteiger partial charge is 0.495 e. The number of ether oxygens (including phenoxy) is 1. The average Bonchev–Trinajstić information content (AvgIpc) is 2.23. The molecule has 0 amide bonds. The van der Waals surface area contributed by atoms with Crippen molar-refractivity contribution in [1.29, 1.82) is 0 Å². The smallest absolute Gasteiger partial charge is 0.417 e. The van der Waals surface area contributed by atoms with Gasteiger partial charge < -0.3 is 4.74 Å². The molecule has 11 heteroatoms. The maximum atomic E-state index is 12.6. The van der Waals surface area contributed by atoms with Crippen LogP contribution in [0, 0.1) is 0 Å². The fourth-order valence-corrected chi connectivity index (χ4v) is 2.38. The van der Waals surface area contributed by atoms with Crippen LogP contribution < -0.4 is 4.74 Å². The quantitative estimate of drug-likeness (QED) is 0.608. The van der Waals surface area contributed by atoms with E-state index in [2.05, 4.69) is 4.74 Å². The molecule has 0 bridgehead atoms. The van der Waals surface area contributed by atoms with E-state index in [0.717, 1.165) is 7.11 Å². The zero-order chi connectivity index (χ0) is 15.9. The monoisotopic (exact) mass is 342 g/mol. The minimum absolute atomic E-state index is 0.0575. The molecule has 0 heterocycles. The van der Waals surface area contributed by atoms with Crippen molar-refractivity contribution >= 4 is 19.7 Å². The molecular weight excluding hydrogens is 338 g/mol. The van der Waals surface area contributed by atoms with Crippen LogP contribution in [-0.2, 0) is 21.4 Å². The standard InChI is InChI=1S/C9H5ClF6O3S/c1-19-6-2-4(8(11,12)13)5(9(14,15)16)3-7(6)20(10,17)18/h2-3H,1H3. The maximum absolute atomic E-state index is 12.6. The second kappa shape index (κ2) is 4.99. The summed E-state index contributed by atoms with van der Waals surface area (Å²) >= 11 is 0. The third-order valence-corrected chi connectivity index (χ3v) is 3.52. The minimum Gasteiger partial charge on any atom is -0.495 e. The number of rotatable bonds is 2. The van der Waals surface area contributed by atoms with E-state index in [1.54, 1.807) is 0 Å². The van der Waals surface area contributed by atoms with Crippen molar-refractivity contribution in [3.63, 3.8) is 0 Å². The minimum atomic E-state index is -5.41. The predicted octanol–water partition coefficient (Wildman–Crippen LogP) is 3.66. The molecule has 0 atom stereocenters. The van der Waals surface area contributed by atoms with E-state index in [0.29, 0.717) is 0 Å². The van der Waals surface area contributed by atoms with E-state index in [1.165, 1.54) is 0 Å². The SMILES string of the molecule is COc1cc(C(F)(F)F)c(C(F)(F)F)cc1S(=O)(=O)Cl. The molecule has 0 aliphatic heterocycles. The van der Waals surface area contributed by atoms with Crippen LogP contribution in [0.2, 0.25) is 0 Å². The number of alkyl halides is 6. The Labute approximate surface area is 113 Å². The molecule has 0 N–H and O–H groups in total. The lowest BCUT2D eigenvalue weighted by Crippen LogP contribution is -2.17. The normalized spacial score (nSPS) is 13.4. The Morgan fingerprint density at radius 2 is 1.40 bits per heavy atom. The van der Waals surface area contributed by atoms with Gasteiger partial charge in [0.15, 0.2) is 0 Å². The lowest BCUT2D eigenvalue weighted by Gasteiger charge is -2.18. The fourth-order valence-electron chi connectivity index (χ4n) is 1.38. The Kier molecular flexibility index (Phi) is 4.22. The van der Waals surface area contributed by atoms with Gasteiger partial charge in [-0.3, -0.25) is 0 Å². The van der Waals surface area contributed by atoms with E-state index < -0.39 is 43.2 Å². The first kappa shape index (κ1) is 16.9. The zero-order valence-corrected chi connectivity index (χ0v) is 11.0. The first-order valence-electron chi connectivity index (χ1n) is 4.59. The molecule has 0 aliphatic carbocycles. The Bertz CT molecular complexity index is 620. The average molecular weight is 343 g/mol. The molecule has 1 aromatic carbocycles. The van der Waals surface area contributed by atoms with Crippen LogP contribution in [-0.4, -0.2) is 15.5 Å². The molecular formula is C9H5ClF6O3S. The van der Waals surface area contributed by atoms with E-state index in [-0.39, 0.29) is 12.1 Å². The van der Waals surface area contributed by atoms with Crippen molar-refractivity contribution in [2.75, 3.05) is 7.11 Å². The molecule has 0 saturated carbocycles. The zero-order valence-electron chi connectivity index (χ0n) is 9.43. The van der Waals surface area contributed by atoms with Gasteiger partial charge in [0.1, 0.15) is 10.6 Å². The first-order chi connectivity index (χ1) is 8.78. The van der Waals surface area contributed by atoms with Crippen molar-refractivity contribution in [3.8, 4) is 5.75 Å². The molecule has 0 aromatic heterocycles. The van der Waals surface area contributed by atoms with Crippen molar-refractivity contribution in [2.24, 2.45) is 0 Å². The third-order valence-electron chi connectivity index (χ3n) is 2.18. The molecule has 0 unspecified atom stereocenters. The number of halogens is 7. The first-order valence-corrected chi connectivity index (χ1v) is 6.90. The summed E-state index contributed by atoms with van der Waals surface area (Å²) in [6, 6.07) is -0.262. The molecule has 0 spiro atoms. The Hall–Kier alpha value is -1.16. The number of methoxy groups -OCH3 is 1. The van der Waals surface area contributed by atoms with Crippen molar-refractivity contribution in [2.45, 2.75) is 17.2 Å². The Balaban J connectivity index is 3.81. The Morgan fingerprint density at radius 1 is 1.00 bits per heavy atom. The van der Waals surface area contributed by atoms with Gasteiger partial charge in [-0.2, -0.15) is 26.3 Å². The summed E-state index contributed by atoms with van der Waals surface area (Å²) in [5.74, 6) is -0.930. The molecule has 0 fully saturated rings. The van der Waals surface area contributed by atoms with Crippen LogP contribution in [0.15, 0.2) is 17.0 Å². The van der Waals surface area contributed by atoms with Gasteiger partial charge in [0.05, 0.1) is 18.2 Å². The van der Waals surface area contributed by atoms with Gasteiger partial charge in [-0.15, -0.1) is 0 Å². The molecule has 0 aliphatic rings. The van der Waals surface area contributed by atoms with Gasteiger partial charge in [0.2, 0.25) is 0 Å². The summed E-state index contributed by atoms with van der Waals surface area (Å²) in [7, 11) is 0.964. The fraction of sp³-hybridized carbons (Fsp3) is 0.333. The van der Waals surface area contributed by atoms with Gasteiger partial charge in [-0.1, -0.05) is 0 Å². The molecule has 3 nitrogen and oxygen atoms in total. The van der Waals surface area contributed by atoms with Crippen LogP contribution in [0.4, 0.5) is 26.3 Å². The topological polar surface area (TPSA) is 43.4 Å². The van der Waals surface area contributed by atoms with E-state index >= 15 is 0 Å². The Morgan fingerprint density at radius 3 is 1.70 bits per heavy atom. The van der Waals surface area contributed by atoms with Crippen molar-refractivity contribution in [1.82, 2.24) is 0 Å². The second-order valence-corrected chi connectivity index (χ2v) is 6.02. The molecule has 0 radical (unpaired) electrons. The molecule has 1 rings (SSSR count). The molecule has 1 aromatic rings. The van der Waals surface area contributed by atoms with Gasteiger partial charge in [0, 0.05) is 10.7 Å². The van der Waals surface area contributed by atoms with E-state index in [1.807, 2.05) is 0 Å². The highest BCUT2D eigenvalue weighted by molar-refractivity contribution is 8.13. The number of hydrogen-bond acceptors (Lipinski definition) is 3. The lowest BCUT2D eigenvalue weighted by atomic mass is 10.1. The third kappa shape index (κ3) is 3.48. The number of benzene rings is 1. The summed E-state index contributed by atoms with van der Waals surface area (Å²) in [6.07, 6.45) is -10.7.